The molecule has 1 saturated heterocycles. The van der Waals surface area contributed by atoms with Gasteiger partial charge in [0.05, 0.1) is 0 Å². The molecule has 0 bridgehead atoms. The number of halogens is 6. The Bertz CT molecular complexity index is 738. The van der Waals surface area contributed by atoms with Gasteiger partial charge in [-0.1, -0.05) is 18.2 Å². The summed E-state index contributed by atoms with van der Waals surface area (Å²) in [5.74, 6) is 0. The number of allylic oxidation sites excluding steroid dienone is 1. The number of carboxylic acid groups (broad SMARTS) is 1. The fraction of sp³-hybridized carbons (Fsp3) is 0.471. The molecule has 1 amide bonds. The van der Waals surface area contributed by atoms with E-state index in [-0.39, 0.29) is 31.7 Å². The van der Waals surface area contributed by atoms with Crippen molar-refractivity contribution < 1.29 is 41.4 Å². The summed E-state index contributed by atoms with van der Waals surface area (Å²) in [6.07, 6.45) is -10.3. The van der Waals surface area contributed by atoms with Crippen LogP contribution in [0.25, 0.3) is 6.08 Å². The lowest BCUT2D eigenvalue weighted by Gasteiger charge is -2.36. The number of carbonyl (C=O) groups is 1. The number of aliphatic hydroxyl groups is 1. The Balaban J connectivity index is 2.47. The third-order valence-electron chi connectivity index (χ3n) is 4.50. The third-order valence-corrected chi connectivity index (χ3v) is 4.50. The van der Waals surface area contributed by atoms with Crippen LogP contribution in [0.3, 0.4) is 0 Å². The van der Waals surface area contributed by atoms with Crippen LogP contribution in [0, 0.1) is 0 Å². The second-order valence-electron chi connectivity index (χ2n) is 6.24. The molecule has 1 fully saturated rings. The number of anilines is 1. The maximum absolute atomic E-state index is 13.1. The van der Waals surface area contributed by atoms with E-state index in [1.807, 2.05) is 0 Å². The molecular formula is C17H18F6N2O3. The zero-order valence-electron chi connectivity index (χ0n) is 14.7. The molecule has 0 aromatic heterocycles. The molecule has 28 heavy (non-hydrogen) atoms. The van der Waals surface area contributed by atoms with E-state index in [1.54, 1.807) is 11.8 Å². The molecule has 0 atom stereocenters. The number of nitrogens with zero attached hydrogens (tertiary/aromatic N) is 2. The summed E-state index contributed by atoms with van der Waals surface area (Å²) in [5, 5.41) is 18.6. The molecule has 1 aromatic carbocycles. The molecule has 1 heterocycles. The van der Waals surface area contributed by atoms with Crippen molar-refractivity contribution in [3.63, 3.8) is 0 Å². The quantitative estimate of drug-likeness (QED) is 0.741. The smallest absolute Gasteiger partial charge is 0.430 e. The average molecular weight is 412 g/mol. The number of piperazine rings is 1. The molecule has 0 spiro atoms. The van der Waals surface area contributed by atoms with Crippen molar-refractivity contribution in [2.45, 2.75) is 24.9 Å². The highest BCUT2D eigenvalue weighted by atomic mass is 19.4. The zero-order chi connectivity index (χ0) is 21.3. The predicted octanol–water partition coefficient (Wildman–Crippen LogP) is 3.83. The molecule has 1 aliphatic rings. The summed E-state index contributed by atoms with van der Waals surface area (Å²) in [5.41, 5.74) is -5.94. The molecule has 0 unspecified atom stereocenters. The third kappa shape index (κ3) is 3.89. The Morgan fingerprint density at radius 1 is 1.04 bits per heavy atom. The van der Waals surface area contributed by atoms with Crippen LogP contribution in [-0.2, 0) is 5.60 Å². The van der Waals surface area contributed by atoms with Gasteiger partial charge in [0.15, 0.2) is 0 Å². The monoisotopic (exact) mass is 412 g/mol. The summed E-state index contributed by atoms with van der Waals surface area (Å²) in [4.78, 5) is 13.8. The van der Waals surface area contributed by atoms with E-state index in [1.165, 1.54) is 12.2 Å². The first-order valence-electron chi connectivity index (χ1n) is 8.18. The van der Waals surface area contributed by atoms with Crippen molar-refractivity contribution >= 4 is 17.9 Å². The summed E-state index contributed by atoms with van der Waals surface area (Å²) in [6, 6.07) is 2.32. The maximum atomic E-state index is 13.1. The van der Waals surface area contributed by atoms with Gasteiger partial charge in [0.2, 0.25) is 0 Å². The fourth-order valence-corrected chi connectivity index (χ4v) is 3.01. The van der Waals surface area contributed by atoms with Crippen molar-refractivity contribution in [3.8, 4) is 0 Å². The van der Waals surface area contributed by atoms with Gasteiger partial charge in [-0.05, 0) is 24.6 Å². The lowest BCUT2D eigenvalue weighted by Crippen LogP contribution is -2.54. The van der Waals surface area contributed by atoms with Crippen LogP contribution in [0.1, 0.15) is 18.1 Å². The largest absolute Gasteiger partial charge is 0.465 e. The minimum absolute atomic E-state index is 0.0516. The zero-order valence-corrected chi connectivity index (χ0v) is 14.7. The van der Waals surface area contributed by atoms with Gasteiger partial charge in [-0.2, -0.15) is 26.3 Å². The summed E-state index contributed by atoms with van der Waals surface area (Å²) >= 11 is 0. The van der Waals surface area contributed by atoms with E-state index in [0.29, 0.717) is 17.8 Å². The van der Waals surface area contributed by atoms with Crippen molar-refractivity contribution in [3.05, 3.63) is 35.4 Å². The first-order valence-corrected chi connectivity index (χ1v) is 8.18. The predicted molar refractivity (Wildman–Crippen MR) is 89.0 cm³/mol. The number of benzene rings is 1. The molecule has 11 heteroatoms. The Kier molecular flexibility index (Phi) is 5.88. The minimum Gasteiger partial charge on any atom is -0.465 e. The SMILES string of the molecule is C/C=C\c1cc(C(O)(C(F)(F)F)C(F)(F)F)ccc1N1CCN(C(=O)O)CC1. The first kappa shape index (κ1) is 21.9. The highest BCUT2D eigenvalue weighted by Crippen LogP contribution is 2.50. The molecule has 156 valence electrons. The minimum atomic E-state index is -5.97. The van der Waals surface area contributed by atoms with E-state index in [9.17, 15) is 36.2 Å². The van der Waals surface area contributed by atoms with Crippen LogP contribution in [0.4, 0.5) is 36.8 Å². The Morgan fingerprint density at radius 3 is 2.00 bits per heavy atom. The first-order chi connectivity index (χ1) is 12.8. The van der Waals surface area contributed by atoms with Crippen LogP contribution in [0.2, 0.25) is 0 Å². The summed E-state index contributed by atoms with van der Waals surface area (Å²) in [7, 11) is 0. The second kappa shape index (κ2) is 7.53. The topological polar surface area (TPSA) is 64.0 Å². The van der Waals surface area contributed by atoms with Gasteiger partial charge in [0, 0.05) is 37.4 Å². The van der Waals surface area contributed by atoms with E-state index < -0.39 is 29.6 Å². The van der Waals surface area contributed by atoms with Gasteiger partial charge in [0.25, 0.3) is 5.60 Å². The Morgan fingerprint density at radius 2 is 1.57 bits per heavy atom. The van der Waals surface area contributed by atoms with Crippen molar-refractivity contribution in [1.82, 2.24) is 4.90 Å². The highest BCUT2D eigenvalue weighted by molar-refractivity contribution is 5.70. The second-order valence-corrected chi connectivity index (χ2v) is 6.24. The maximum Gasteiger partial charge on any atom is 0.430 e. The fourth-order valence-electron chi connectivity index (χ4n) is 3.01. The van der Waals surface area contributed by atoms with Gasteiger partial charge in [-0.3, -0.25) is 0 Å². The molecule has 0 saturated carbocycles. The molecule has 2 N–H and O–H groups in total. The van der Waals surface area contributed by atoms with Crippen molar-refractivity contribution in [2.24, 2.45) is 0 Å². The van der Waals surface area contributed by atoms with E-state index in [4.69, 9.17) is 5.11 Å². The lowest BCUT2D eigenvalue weighted by atomic mass is 9.90. The molecule has 1 aliphatic heterocycles. The molecule has 1 aromatic rings. The highest BCUT2D eigenvalue weighted by Gasteiger charge is 2.71. The van der Waals surface area contributed by atoms with Gasteiger partial charge in [-0.15, -0.1) is 0 Å². The van der Waals surface area contributed by atoms with Crippen molar-refractivity contribution in [1.29, 1.82) is 0 Å². The molecule has 5 nitrogen and oxygen atoms in total. The van der Waals surface area contributed by atoms with Crippen LogP contribution in [0.15, 0.2) is 24.3 Å². The Labute approximate surface area is 156 Å². The molecule has 0 radical (unpaired) electrons. The number of hydrogen-bond donors (Lipinski definition) is 2. The molecule has 0 aliphatic carbocycles. The Hall–Kier alpha value is -2.43. The number of hydrogen-bond acceptors (Lipinski definition) is 3. The van der Waals surface area contributed by atoms with Crippen LogP contribution >= 0.6 is 0 Å². The van der Waals surface area contributed by atoms with Crippen molar-refractivity contribution in [2.75, 3.05) is 31.1 Å². The van der Waals surface area contributed by atoms with E-state index >= 15 is 0 Å². The standard InChI is InChI=1S/C17H18F6N2O3/c1-2-3-11-10-12(15(28,16(18,19)20)17(21,22)23)4-5-13(11)24-6-8-25(9-7-24)14(26)27/h2-5,10,28H,6-9H2,1H3,(H,26,27)/b3-2-. The average Bonchev–Trinajstić information content (AvgIpc) is 2.59. The van der Waals surface area contributed by atoms with Gasteiger partial charge in [0.1, 0.15) is 0 Å². The lowest BCUT2D eigenvalue weighted by molar-refractivity contribution is -0.376. The molecular weight excluding hydrogens is 394 g/mol. The summed E-state index contributed by atoms with van der Waals surface area (Å²) < 4.78 is 78.7. The van der Waals surface area contributed by atoms with Gasteiger partial charge in [-0.25, -0.2) is 4.79 Å². The number of rotatable bonds is 3. The van der Waals surface area contributed by atoms with E-state index in [2.05, 4.69) is 0 Å². The normalized spacial score (nSPS) is 16.7. The van der Waals surface area contributed by atoms with Crippen LogP contribution in [-0.4, -0.2) is 59.7 Å². The molecule has 2 rings (SSSR count). The van der Waals surface area contributed by atoms with Crippen LogP contribution < -0.4 is 4.90 Å². The van der Waals surface area contributed by atoms with Gasteiger partial charge < -0.3 is 20.0 Å². The van der Waals surface area contributed by atoms with E-state index in [0.717, 1.165) is 11.0 Å². The van der Waals surface area contributed by atoms with Gasteiger partial charge >= 0.3 is 18.4 Å². The number of alkyl halides is 6. The summed E-state index contributed by atoms with van der Waals surface area (Å²) in [6.45, 7) is 2.26. The number of amides is 1. The van der Waals surface area contributed by atoms with Crippen LogP contribution in [0.5, 0.6) is 0 Å².